The Balaban J connectivity index is 1.85. The van der Waals surface area contributed by atoms with E-state index in [0.717, 1.165) is 0 Å². The lowest BCUT2D eigenvalue weighted by Crippen LogP contribution is -2.09. The van der Waals surface area contributed by atoms with E-state index in [1.54, 1.807) is 24.3 Å². The lowest BCUT2D eigenvalue weighted by molar-refractivity contribution is 0.475. The van der Waals surface area contributed by atoms with Gasteiger partial charge >= 0.3 is 0 Å². The minimum absolute atomic E-state index is 0.00629. The van der Waals surface area contributed by atoms with Crippen molar-refractivity contribution in [2.75, 3.05) is 0 Å². The summed E-state index contributed by atoms with van der Waals surface area (Å²) in [5, 5.41) is 29.8. The number of phenols is 3. The van der Waals surface area contributed by atoms with Gasteiger partial charge in [-0.1, -0.05) is 24.3 Å². The summed E-state index contributed by atoms with van der Waals surface area (Å²) in [4.78, 5) is 26.4. The molecule has 0 fully saturated rings. The highest BCUT2D eigenvalue weighted by Gasteiger charge is 2.20. The Morgan fingerprint density at radius 3 is 1.77 bits per heavy atom. The number of phenolic OH excluding ortho intramolecular Hbond substituents is 3. The van der Waals surface area contributed by atoms with Gasteiger partial charge in [0.15, 0.2) is 5.58 Å². The van der Waals surface area contributed by atoms with Crippen molar-refractivity contribution in [3.63, 3.8) is 0 Å². The highest BCUT2D eigenvalue weighted by molar-refractivity contribution is 6.06. The molecule has 0 saturated heterocycles. The van der Waals surface area contributed by atoms with Crippen LogP contribution in [0.3, 0.4) is 0 Å². The van der Waals surface area contributed by atoms with E-state index >= 15 is 0 Å². The van der Waals surface area contributed by atoms with E-state index in [1.807, 2.05) is 0 Å². The maximum Gasteiger partial charge on any atom is 0.204 e. The zero-order valence-corrected chi connectivity index (χ0v) is 15.8. The van der Waals surface area contributed by atoms with E-state index in [9.17, 15) is 24.9 Å². The second-order valence-electron chi connectivity index (χ2n) is 7.03. The molecule has 2 aromatic heterocycles. The summed E-state index contributed by atoms with van der Waals surface area (Å²) in [6.45, 7) is 0. The molecular formula is C24H14O7. The number of benzene rings is 3. The Morgan fingerprint density at radius 2 is 1.19 bits per heavy atom. The maximum atomic E-state index is 13.3. The molecule has 0 aliphatic rings. The van der Waals surface area contributed by atoms with E-state index < -0.39 is 16.6 Å². The van der Waals surface area contributed by atoms with Crippen LogP contribution in [0.15, 0.2) is 85.5 Å². The molecule has 0 radical (unpaired) electrons. The molecule has 5 aromatic rings. The molecule has 7 heteroatoms. The fourth-order valence-electron chi connectivity index (χ4n) is 3.63. The number of hydrogen-bond acceptors (Lipinski definition) is 7. The first-order valence-corrected chi connectivity index (χ1v) is 9.26. The van der Waals surface area contributed by atoms with Gasteiger partial charge in [-0.15, -0.1) is 0 Å². The molecule has 0 bridgehead atoms. The maximum absolute atomic E-state index is 13.3. The van der Waals surface area contributed by atoms with E-state index in [-0.39, 0.29) is 44.6 Å². The van der Waals surface area contributed by atoms with Gasteiger partial charge < -0.3 is 24.2 Å². The van der Waals surface area contributed by atoms with Gasteiger partial charge in [-0.2, -0.15) is 0 Å². The Bertz CT molecular complexity index is 1610. The molecule has 0 spiro atoms. The summed E-state index contributed by atoms with van der Waals surface area (Å²) >= 11 is 0. The molecule has 31 heavy (non-hydrogen) atoms. The number of hydrogen-bond donors (Lipinski definition) is 3. The first-order valence-electron chi connectivity index (χ1n) is 9.26. The molecule has 0 aliphatic carbocycles. The van der Waals surface area contributed by atoms with Gasteiger partial charge in [0.25, 0.3) is 0 Å². The number of rotatable bonds is 2. The third-order valence-corrected chi connectivity index (χ3v) is 5.08. The van der Waals surface area contributed by atoms with Crippen LogP contribution in [0.25, 0.3) is 44.2 Å². The standard InChI is InChI=1S/C24H14O7/c25-14-5-1-3-12(7-14)16-10-30-19-9-18(27)20-22(28)17(13-4-2-6-15(26)8-13)11-31-24(20)21(19)23(16)29/h1-11,25-27H. The third-order valence-electron chi connectivity index (χ3n) is 5.08. The zero-order chi connectivity index (χ0) is 21.7. The molecule has 3 N–H and O–H groups in total. The van der Waals surface area contributed by atoms with Crippen LogP contribution in [0.2, 0.25) is 0 Å². The molecule has 5 rings (SSSR count). The first kappa shape index (κ1) is 18.5. The van der Waals surface area contributed by atoms with Gasteiger partial charge in [0.1, 0.15) is 46.1 Å². The average molecular weight is 414 g/mol. The summed E-state index contributed by atoms with van der Waals surface area (Å²) in [5.41, 5.74) is -0.00158. The van der Waals surface area contributed by atoms with Gasteiger partial charge in [0.05, 0.1) is 11.1 Å². The van der Waals surface area contributed by atoms with Crippen LogP contribution in [0.1, 0.15) is 0 Å². The highest BCUT2D eigenvalue weighted by Crippen LogP contribution is 2.33. The Morgan fingerprint density at radius 1 is 0.645 bits per heavy atom. The predicted octanol–water partition coefficient (Wildman–Crippen LogP) is 4.35. The van der Waals surface area contributed by atoms with Gasteiger partial charge in [-0.05, 0) is 35.4 Å². The Hall–Kier alpha value is -4.52. The smallest absolute Gasteiger partial charge is 0.204 e. The zero-order valence-electron chi connectivity index (χ0n) is 15.8. The summed E-state index contributed by atoms with van der Waals surface area (Å²) in [6, 6.07) is 13.3. The fourth-order valence-corrected chi connectivity index (χ4v) is 3.63. The van der Waals surface area contributed by atoms with Gasteiger partial charge in [0, 0.05) is 6.07 Å². The van der Waals surface area contributed by atoms with Crippen LogP contribution in [-0.4, -0.2) is 15.3 Å². The molecule has 0 unspecified atom stereocenters. The van der Waals surface area contributed by atoms with Crippen LogP contribution in [0, 0.1) is 0 Å². The van der Waals surface area contributed by atoms with Crippen molar-refractivity contribution in [2.24, 2.45) is 0 Å². The molecular weight excluding hydrogens is 400 g/mol. The summed E-state index contributed by atoms with van der Waals surface area (Å²) in [5.74, 6) is -0.447. The van der Waals surface area contributed by atoms with E-state index in [1.165, 1.54) is 42.9 Å². The first-order chi connectivity index (χ1) is 14.9. The summed E-state index contributed by atoms with van der Waals surface area (Å²) in [6.07, 6.45) is 2.41. The topological polar surface area (TPSA) is 121 Å². The van der Waals surface area contributed by atoms with Gasteiger partial charge in [0.2, 0.25) is 10.9 Å². The highest BCUT2D eigenvalue weighted by atomic mass is 16.3. The largest absolute Gasteiger partial charge is 0.508 e. The minimum atomic E-state index is -0.562. The molecule has 0 amide bonds. The number of fused-ring (bicyclic) bond motifs is 3. The van der Waals surface area contributed by atoms with Crippen molar-refractivity contribution in [1.82, 2.24) is 0 Å². The minimum Gasteiger partial charge on any atom is -0.508 e. The molecule has 0 saturated carbocycles. The van der Waals surface area contributed by atoms with E-state index in [4.69, 9.17) is 8.83 Å². The second-order valence-corrected chi connectivity index (χ2v) is 7.03. The van der Waals surface area contributed by atoms with Gasteiger partial charge in [-0.25, -0.2) is 0 Å². The number of aromatic hydroxyl groups is 3. The lowest BCUT2D eigenvalue weighted by atomic mass is 10.0. The van der Waals surface area contributed by atoms with Crippen molar-refractivity contribution < 1.29 is 24.2 Å². The molecule has 7 nitrogen and oxygen atoms in total. The van der Waals surface area contributed by atoms with Crippen molar-refractivity contribution in [3.05, 3.63) is 87.6 Å². The fraction of sp³-hybridized carbons (Fsp3) is 0. The van der Waals surface area contributed by atoms with Crippen molar-refractivity contribution >= 4 is 21.9 Å². The SMILES string of the molecule is O=c1c(-c2cccc(O)c2)coc2c1c(O)cc1occ(-c3cccc(O)c3)c(=O)c12. The third kappa shape index (κ3) is 2.91. The predicted molar refractivity (Wildman–Crippen MR) is 114 cm³/mol. The van der Waals surface area contributed by atoms with Gasteiger partial charge in [-0.3, -0.25) is 9.59 Å². The van der Waals surface area contributed by atoms with Crippen LogP contribution in [0.4, 0.5) is 0 Å². The second kappa shape index (κ2) is 6.77. The quantitative estimate of drug-likeness (QED) is 0.367. The van der Waals surface area contributed by atoms with E-state index in [2.05, 4.69) is 0 Å². The summed E-state index contributed by atoms with van der Waals surface area (Å²) < 4.78 is 11.2. The molecule has 0 aliphatic heterocycles. The molecule has 3 aromatic carbocycles. The van der Waals surface area contributed by atoms with Crippen LogP contribution >= 0.6 is 0 Å². The average Bonchev–Trinajstić information content (AvgIpc) is 2.74. The Kier molecular flexibility index (Phi) is 4.04. The van der Waals surface area contributed by atoms with Crippen molar-refractivity contribution in [3.8, 4) is 39.5 Å². The van der Waals surface area contributed by atoms with E-state index in [0.29, 0.717) is 11.1 Å². The van der Waals surface area contributed by atoms with Crippen molar-refractivity contribution in [1.29, 1.82) is 0 Å². The van der Waals surface area contributed by atoms with Crippen molar-refractivity contribution in [2.45, 2.75) is 0 Å². The summed E-state index contributed by atoms with van der Waals surface area (Å²) in [7, 11) is 0. The monoisotopic (exact) mass is 414 g/mol. The van der Waals surface area contributed by atoms with Crippen LogP contribution in [0.5, 0.6) is 17.2 Å². The Labute approximate surface area is 173 Å². The molecule has 152 valence electrons. The van der Waals surface area contributed by atoms with Crippen LogP contribution < -0.4 is 10.9 Å². The molecule has 0 atom stereocenters. The van der Waals surface area contributed by atoms with Crippen LogP contribution in [-0.2, 0) is 0 Å². The molecule has 2 heterocycles. The lowest BCUT2D eigenvalue weighted by Gasteiger charge is -2.08. The normalized spacial score (nSPS) is 11.2.